The highest BCUT2D eigenvalue weighted by Crippen LogP contribution is 2.23. The fraction of sp³-hybridized carbons (Fsp3) is 0.500. The van der Waals surface area contributed by atoms with Crippen molar-refractivity contribution in [3.05, 3.63) is 30.0 Å². The second-order valence-corrected chi connectivity index (χ2v) is 5.99. The molecule has 0 saturated heterocycles. The molecule has 5 nitrogen and oxygen atoms in total. The molecule has 0 fully saturated rings. The smallest absolute Gasteiger partial charge is 0.410 e. The van der Waals surface area contributed by atoms with E-state index < -0.39 is 5.60 Å². The van der Waals surface area contributed by atoms with Crippen LogP contribution >= 0.6 is 0 Å². The first-order valence-corrected chi connectivity index (χ1v) is 7.06. The lowest BCUT2D eigenvalue weighted by Crippen LogP contribution is -2.39. The van der Waals surface area contributed by atoms with Gasteiger partial charge in [-0.05, 0) is 44.4 Å². The fourth-order valence-electron chi connectivity index (χ4n) is 2.11. The molecule has 1 aliphatic heterocycles. The minimum atomic E-state index is -0.457. The van der Waals surface area contributed by atoms with E-state index in [0.29, 0.717) is 19.0 Å². The number of ether oxygens (including phenoxy) is 2. The maximum absolute atomic E-state index is 12.0. The Morgan fingerprint density at radius 2 is 2.10 bits per heavy atom. The van der Waals surface area contributed by atoms with Gasteiger partial charge < -0.3 is 14.4 Å². The first-order chi connectivity index (χ1) is 9.89. The number of aromatic nitrogens is 1. The average molecular weight is 290 g/mol. The lowest BCUT2D eigenvalue weighted by Gasteiger charge is -2.29. The van der Waals surface area contributed by atoms with E-state index in [4.69, 9.17) is 9.47 Å². The van der Waals surface area contributed by atoms with Gasteiger partial charge in [0.25, 0.3) is 0 Å². The maximum atomic E-state index is 12.0. The van der Waals surface area contributed by atoms with E-state index in [1.165, 1.54) is 5.57 Å². The largest absolute Gasteiger partial charge is 0.481 e. The molecule has 0 bridgehead atoms. The molecular weight excluding hydrogens is 268 g/mol. The molecule has 0 aliphatic carbocycles. The van der Waals surface area contributed by atoms with Crippen molar-refractivity contribution in [1.29, 1.82) is 0 Å². The second kappa shape index (κ2) is 6.16. The Balaban J connectivity index is 1.99. The van der Waals surface area contributed by atoms with Crippen LogP contribution in [-0.2, 0) is 4.74 Å². The Bertz CT molecular complexity index is 529. The number of methoxy groups -OCH3 is 1. The van der Waals surface area contributed by atoms with Crippen LogP contribution in [0.1, 0.15) is 32.8 Å². The molecule has 21 heavy (non-hydrogen) atoms. The topological polar surface area (TPSA) is 51.7 Å². The third-order valence-electron chi connectivity index (χ3n) is 3.18. The van der Waals surface area contributed by atoms with Gasteiger partial charge in [-0.15, -0.1) is 0 Å². The van der Waals surface area contributed by atoms with E-state index in [0.717, 1.165) is 12.0 Å². The number of hydrogen-bond donors (Lipinski definition) is 0. The van der Waals surface area contributed by atoms with Crippen LogP contribution in [-0.4, -0.2) is 41.8 Å². The van der Waals surface area contributed by atoms with Crippen molar-refractivity contribution in [3.8, 4) is 5.88 Å². The molecule has 114 valence electrons. The number of rotatable bonds is 2. The molecule has 0 spiro atoms. The SMILES string of the molecule is COc1ccc(C2=CCN(C(=O)OC(C)(C)C)CC2)cn1. The molecule has 1 aromatic heterocycles. The first kappa shape index (κ1) is 15.4. The van der Waals surface area contributed by atoms with Gasteiger partial charge in [0.2, 0.25) is 5.88 Å². The predicted octanol–water partition coefficient (Wildman–Crippen LogP) is 3.11. The molecule has 0 saturated carbocycles. The van der Waals surface area contributed by atoms with Crippen molar-refractivity contribution >= 4 is 11.7 Å². The molecule has 1 aromatic rings. The highest BCUT2D eigenvalue weighted by atomic mass is 16.6. The predicted molar refractivity (Wildman–Crippen MR) is 81.2 cm³/mol. The summed E-state index contributed by atoms with van der Waals surface area (Å²) in [5.41, 5.74) is 1.81. The Morgan fingerprint density at radius 1 is 1.33 bits per heavy atom. The zero-order valence-electron chi connectivity index (χ0n) is 13.0. The van der Waals surface area contributed by atoms with Crippen molar-refractivity contribution in [3.63, 3.8) is 0 Å². The van der Waals surface area contributed by atoms with Crippen molar-refractivity contribution < 1.29 is 14.3 Å². The molecule has 0 N–H and O–H groups in total. The molecule has 5 heteroatoms. The summed E-state index contributed by atoms with van der Waals surface area (Å²) in [6, 6.07) is 3.83. The lowest BCUT2D eigenvalue weighted by atomic mass is 10.0. The van der Waals surface area contributed by atoms with E-state index in [1.807, 2.05) is 32.9 Å². The summed E-state index contributed by atoms with van der Waals surface area (Å²) in [4.78, 5) is 17.9. The van der Waals surface area contributed by atoms with Gasteiger partial charge in [0.05, 0.1) is 7.11 Å². The van der Waals surface area contributed by atoms with Crippen LogP contribution in [0.3, 0.4) is 0 Å². The zero-order chi connectivity index (χ0) is 15.5. The van der Waals surface area contributed by atoms with Gasteiger partial charge in [-0.25, -0.2) is 9.78 Å². The summed E-state index contributed by atoms with van der Waals surface area (Å²) >= 11 is 0. The summed E-state index contributed by atoms with van der Waals surface area (Å²) in [5, 5.41) is 0. The van der Waals surface area contributed by atoms with Gasteiger partial charge in [-0.3, -0.25) is 0 Å². The average Bonchev–Trinajstić information content (AvgIpc) is 2.46. The van der Waals surface area contributed by atoms with Crippen molar-refractivity contribution in [2.45, 2.75) is 32.8 Å². The summed E-state index contributed by atoms with van der Waals surface area (Å²) in [6.45, 7) is 6.85. The number of amides is 1. The van der Waals surface area contributed by atoms with E-state index in [-0.39, 0.29) is 6.09 Å². The Hall–Kier alpha value is -2.04. The van der Waals surface area contributed by atoms with Crippen LogP contribution in [0.25, 0.3) is 5.57 Å². The fourth-order valence-corrected chi connectivity index (χ4v) is 2.11. The lowest BCUT2D eigenvalue weighted by molar-refractivity contribution is 0.0270. The van der Waals surface area contributed by atoms with E-state index in [1.54, 1.807) is 18.2 Å². The van der Waals surface area contributed by atoms with Gasteiger partial charge in [0.15, 0.2) is 0 Å². The Labute approximate surface area is 125 Å². The third-order valence-corrected chi connectivity index (χ3v) is 3.18. The van der Waals surface area contributed by atoms with Crippen LogP contribution in [0, 0.1) is 0 Å². The standard InChI is InChI=1S/C16H22N2O3/c1-16(2,3)21-15(19)18-9-7-12(8-10-18)13-5-6-14(20-4)17-11-13/h5-7,11H,8-10H2,1-4H3. The van der Waals surface area contributed by atoms with Crippen LogP contribution < -0.4 is 4.74 Å². The van der Waals surface area contributed by atoms with Gasteiger partial charge >= 0.3 is 6.09 Å². The van der Waals surface area contributed by atoms with Gasteiger partial charge in [-0.1, -0.05) is 6.08 Å². The van der Waals surface area contributed by atoms with Gasteiger partial charge in [-0.2, -0.15) is 0 Å². The number of pyridine rings is 1. The van der Waals surface area contributed by atoms with Crippen molar-refractivity contribution in [1.82, 2.24) is 9.88 Å². The summed E-state index contributed by atoms with van der Waals surface area (Å²) in [5.74, 6) is 0.602. The van der Waals surface area contributed by atoms with Crippen molar-refractivity contribution in [2.75, 3.05) is 20.2 Å². The summed E-state index contributed by atoms with van der Waals surface area (Å²) < 4.78 is 10.4. The molecule has 0 atom stereocenters. The minimum Gasteiger partial charge on any atom is -0.481 e. The van der Waals surface area contributed by atoms with Crippen LogP contribution in [0.2, 0.25) is 0 Å². The molecule has 0 aromatic carbocycles. The second-order valence-electron chi connectivity index (χ2n) is 5.99. The van der Waals surface area contributed by atoms with Gasteiger partial charge in [0, 0.05) is 25.4 Å². The monoisotopic (exact) mass is 290 g/mol. The number of carbonyl (C=O) groups is 1. The molecule has 2 rings (SSSR count). The normalized spacial score (nSPS) is 15.4. The molecular formula is C16H22N2O3. The quantitative estimate of drug-likeness (QED) is 0.839. The van der Waals surface area contributed by atoms with Crippen LogP contribution in [0.5, 0.6) is 5.88 Å². The minimum absolute atomic E-state index is 0.259. The van der Waals surface area contributed by atoms with Gasteiger partial charge in [0.1, 0.15) is 5.60 Å². The molecule has 1 amide bonds. The van der Waals surface area contributed by atoms with E-state index >= 15 is 0 Å². The first-order valence-electron chi connectivity index (χ1n) is 7.06. The maximum Gasteiger partial charge on any atom is 0.410 e. The molecule has 0 unspecified atom stereocenters. The van der Waals surface area contributed by atoms with Crippen LogP contribution in [0.15, 0.2) is 24.4 Å². The van der Waals surface area contributed by atoms with Crippen LogP contribution in [0.4, 0.5) is 4.79 Å². The molecule has 0 radical (unpaired) electrons. The molecule has 1 aliphatic rings. The number of nitrogens with zero attached hydrogens (tertiary/aromatic N) is 2. The number of carbonyl (C=O) groups excluding carboxylic acids is 1. The molecule has 2 heterocycles. The highest BCUT2D eigenvalue weighted by Gasteiger charge is 2.23. The van der Waals surface area contributed by atoms with Crippen molar-refractivity contribution in [2.24, 2.45) is 0 Å². The zero-order valence-corrected chi connectivity index (χ0v) is 13.0. The third kappa shape index (κ3) is 4.21. The van der Waals surface area contributed by atoms with E-state index in [2.05, 4.69) is 11.1 Å². The Kier molecular flexibility index (Phi) is 4.50. The highest BCUT2D eigenvalue weighted by molar-refractivity contribution is 5.72. The summed E-state index contributed by atoms with van der Waals surface area (Å²) in [6.07, 6.45) is 4.39. The Morgan fingerprint density at radius 3 is 2.57 bits per heavy atom. The number of hydrogen-bond acceptors (Lipinski definition) is 4. The summed E-state index contributed by atoms with van der Waals surface area (Å²) in [7, 11) is 1.60. The van der Waals surface area contributed by atoms with E-state index in [9.17, 15) is 4.79 Å².